The lowest BCUT2D eigenvalue weighted by atomic mass is 10.0. The van der Waals surface area contributed by atoms with Crippen LogP contribution in [0, 0.1) is 0 Å². The van der Waals surface area contributed by atoms with Gasteiger partial charge in [-0.3, -0.25) is 0 Å². The van der Waals surface area contributed by atoms with Gasteiger partial charge in [0.15, 0.2) is 0 Å². The second kappa shape index (κ2) is 4.94. The first-order valence-electron chi connectivity index (χ1n) is 5.15. The van der Waals surface area contributed by atoms with Gasteiger partial charge in [-0.05, 0) is 26.8 Å². The SMILES string of the molecule is CNCC(C)OCC1(O)CCCC1. The predicted octanol–water partition coefficient (Wildman–Crippen LogP) is 0.916. The van der Waals surface area contributed by atoms with E-state index < -0.39 is 5.60 Å². The van der Waals surface area contributed by atoms with Gasteiger partial charge in [0.05, 0.1) is 18.3 Å². The molecule has 0 aliphatic heterocycles. The summed E-state index contributed by atoms with van der Waals surface area (Å²) in [5.41, 5.74) is -0.526. The average Bonchev–Trinajstić information content (AvgIpc) is 2.51. The van der Waals surface area contributed by atoms with Crippen molar-refractivity contribution >= 4 is 0 Å². The fraction of sp³-hybridized carbons (Fsp3) is 1.00. The molecule has 1 saturated carbocycles. The van der Waals surface area contributed by atoms with Crippen LogP contribution in [0.15, 0.2) is 0 Å². The fourth-order valence-corrected chi connectivity index (χ4v) is 1.82. The van der Waals surface area contributed by atoms with Gasteiger partial charge in [-0.15, -0.1) is 0 Å². The number of hydrogen-bond acceptors (Lipinski definition) is 3. The Hall–Kier alpha value is -0.120. The number of likely N-dealkylation sites (N-methyl/N-ethyl adjacent to an activating group) is 1. The van der Waals surface area contributed by atoms with E-state index in [9.17, 15) is 5.11 Å². The number of hydrogen-bond donors (Lipinski definition) is 2. The maximum Gasteiger partial charge on any atom is 0.0880 e. The van der Waals surface area contributed by atoms with Crippen molar-refractivity contribution in [3.63, 3.8) is 0 Å². The molecule has 0 aromatic heterocycles. The third-order valence-corrected chi connectivity index (χ3v) is 2.66. The Labute approximate surface area is 80.5 Å². The van der Waals surface area contributed by atoms with Crippen LogP contribution in [0.5, 0.6) is 0 Å². The largest absolute Gasteiger partial charge is 0.387 e. The van der Waals surface area contributed by atoms with Gasteiger partial charge in [-0.2, -0.15) is 0 Å². The molecule has 1 atom stereocenters. The minimum absolute atomic E-state index is 0.189. The van der Waals surface area contributed by atoms with Crippen LogP contribution >= 0.6 is 0 Å². The van der Waals surface area contributed by atoms with Crippen LogP contribution in [0.1, 0.15) is 32.6 Å². The smallest absolute Gasteiger partial charge is 0.0880 e. The molecule has 3 nitrogen and oxygen atoms in total. The first kappa shape index (κ1) is 11.0. The highest BCUT2D eigenvalue weighted by atomic mass is 16.5. The molecule has 0 bridgehead atoms. The van der Waals surface area contributed by atoms with Crippen LogP contribution in [0.4, 0.5) is 0 Å². The molecule has 0 radical (unpaired) electrons. The molecule has 1 rings (SSSR count). The Morgan fingerprint density at radius 3 is 2.62 bits per heavy atom. The normalized spacial score (nSPS) is 23.3. The quantitative estimate of drug-likeness (QED) is 0.672. The van der Waals surface area contributed by atoms with Crippen molar-refractivity contribution in [1.29, 1.82) is 0 Å². The molecule has 1 fully saturated rings. The molecular formula is C10H21NO2. The van der Waals surface area contributed by atoms with Crippen molar-refractivity contribution in [2.24, 2.45) is 0 Å². The maximum absolute atomic E-state index is 9.96. The lowest BCUT2D eigenvalue weighted by Crippen LogP contribution is -2.35. The molecule has 0 spiro atoms. The maximum atomic E-state index is 9.96. The molecule has 0 amide bonds. The van der Waals surface area contributed by atoms with E-state index in [1.165, 1.54) is 0 Å². The van der Waals surface area contributed by atoms with E-state index >= 15 is 0 Å². The van der Waals surface area contributed by atoms with E-state index in [4.69, 9.17) is 4.74 Å². The van der Waals surface area contributed by atoms with E-state index in [-0.39, 0.29) is 6.10 Å². The van der Waals surface area contributed by atoms with Crippen molar-refractivity contribution in [2.75, 3.05) is 20.2 Å². The summed E-state index contributed by atoms with van der Waals surface area (Å²) >= 11 is 0. The van der Waals surface area contributed by atoms with Crippen molar-refractivity contribution in [1.82, 2.24) is 5.32 Å². The van der Waals surface area contributed by atoms with E-state index in [1.807, 2.05) is 14.0 Å². The van der Waals surface area contributed by atoms with Crippen LogP contribution < -0.4 is 5.32 Å². The van der Waals surface area contributed by atoms with E-state index in [0.29, 0.717) is 6.61 Å². The van der Waals surface area contributed by atoms with Crippen LogP contribution in [-0.4, -0.2) is 37.0 Å². The van der Waals surface area contributed by atoms with Crippen molar-refractivity contribution < 1.29 is 9.84 Å². The van der Waals surface area contributed by atoms with Gasteiger partial charge in [0.25, 0.3) is 0 Å². The van der Waals surface area contributed by atoms with Gasteiger partial charge >= 0.3 is 0 Å². The van der Waals surface area contributed by atoms with Crippen LogP contribution in [0.25, 0.3) is 0 Å². The predicted molar refractivity (Wildman–Crippen MR) is 52.8 cm³/mol. The molecule has 3 heteroatoms. The van der Waals surface area contributed by atoms with E-state index in [0.717, 1.165) is 32.2 Å². The summed E-state index contributed by atoms with van der Waals surface area (Å²) in [4.78, 5) is 0. The van der Waals surface area contributed by atoms with Gasteiger partial charge < -0.3 is 15.2 Å². The summed E-state index contributed by atoms with van der Waals surface area (Å²) < 4.78 is 5.56. The average molecular weight is 187 g/mol. The minimum atomic E-state index is -0.526. The molecule has 1 aliphatic carbocycles. The van der Waals surface area contributed by atoms with Crippen molar-refractivity contribution in [3.8, 4) is 0 Å². The van der Waals surface area contributed by atoms with Crippen LogP contribution in [0.3, 0.4) is 0 Å². The van der Waals surface area contributed by atoms with Gasteiger partial charge in [0, 0.05) is 6.54 Å². The third kappa shape index (κ3) is 3.63. The van der Waals surface area contributed by atoms with Crippen LogP contribution in [0.2, 0.25) is 0 Å². The monoisotopic (exact) mass is 187 g/mol. The highest BCUT2D eigenvalue weighted by Gasteiger charge is 2.31. The van der Waals surface area contributed by atoms with E-state index in [1.54, 1.807) is 0 Å². The zero-order valence-electron chi connectivity index (χ0n) is 8.68. The Bertz CT molecular complexity index is 144. The Kier molecular flexibility index (Phi) is 4.16. The molecule has 1 aliphatic rings. The van der Waals surface area contributed by atoms with Crippen LogP contribution in [-0.2, 0) is 4.74 Å². The molecule has 2 N–H and O–H groups in total. The Morgan fingerprint density at radius 1 is 1.46 bits per heavy atom. The zero-order valence-corrected chi connectivity index (χ0v) is 8.68. The summed E-state index contributed by atoms with van der Waals surface area (Å²) in [6.45, 7) is 3.36. The molecular weight excluding hydrogens is 166 g/mol. The molecule has 0 heterocycles. The Balaban J connectivity index is 2.17. The first-order chi connectivity index (χ1) is 6.16. The minimum Gasteiger partial charge on any atom is -0.387 e. The molecule has 78 valence electrons. The molecule has 1 unspecified atom stereocenters. The second-order valence-corrected chi connectivity index (χ2v) is 4.11. The highest BCUT2D eigenvalue weighted by molar-refractivity contribution is 4.84. The van der Waals surface area contributed by atoms with Gasteiger partial charge in [0.2, 0.25) is 0 Å². The molecule has 0 aromatic carbocycles. The third-order valence-electron chi connectivity index (χ3n) is 2.66. The second-order valence-electron chi connectivity index (χ2n) is 4.11. The molecule has 13 heavy (non-hydrogen) atoms. The van der Waals surface area contributed by atoms with Gasteiger partial charge in [-0.1, -0.05) is 12.8 Å². The number of nitrogens with one attached hydrogen (secondary N) is 1. The Morgan fingerprint density at radius 2 is 2.08 bits per heavy atom. The molecule has 0 aromatic rings. The number of ether oxygens (including phenoxy) is 1. The highest BCUT2D eigenvalue weighted by Crippen LogP contribution is 2.29. The summed E-state index contributed by atoms with van der Waals surface area (Å²) in [7, 11) is 1.91. The fourth-order valence-electron chi connectivity index (χ4n) is 1.82. The van der Waals surface area contributed by atoms with Gasteiger partial charge in [-0.25, -0.2) is 0 Å². The lowest BCUT2D eigenvalue weighted by Gasteiger charge is -2.24. The lowest BCUT2D eigenvalue weighted by molar-refractivity contribution is -0.0634. The van der Waals surface area contributed by atoms with Crippen molar-refractivity contribution in [2.45, 2.75) is 44.3 Å². The first-order valence-corrected chi connectivity index (χ1v) is 5.15. The summed E-state index contributed by atoms with van der Waals surface area (Å²) in [5, 5.41) is 13.0. The molecule has 0 saturated heterocycles. The number of rotatable bonds is 5. The van der Waals surface area contributed by atoms with E-state index in [2.05, 4.69) is 5.32 Å². The zero-order chi connectivity index (χ0) is 9.73. The number of aliphatic hydroxyl groups is 1. The summed E-state index contributed by atoms with van der Waals surface area (Å²) in [5.74, 6) is 0. The van der Waals surface area contributed by atoms with Crippen molar-refractivity contribution in [3.05, 3.63) is 0 Å². The van der Waals surface area contributed by atoms with Gasteiger partial charge in [0.1, 0.15) is 0 Å². The topological polar surface area (TPSA) is 41.5 Å². The summed E-state index contributed by atoms with van der Waals surface area (Å²) in [6, 6.07) is 0. The summed E-state index contributed by atoms with van der Waals surface area (Å²) in [6.07, 6.45) is 4.27. The standard InChI is InChI=1S/C10H21NO2/c1-9(7-11-2)13-8-10(12)5-3-4-6-10/h9,11-12H,3-8H2,1-2H3.